The summed E-state index contributed by atoms with van der Waals surface area (Å²) in [5.74, 6) is -0.324. The number of amides is 1. The van der Waals surface area contributed by atoms with E-state index < -0.39 is 0 Å². The van der Waals surface area contributed by atoms with E-state index in [-0.39, 0.29) is 5.91 Å². The molecular weight excluding hydrogens is 212 g/mol. The summed E-state index contributed by atoms with van der Waals surface area (Å²) < 4.78 is 0. The number of carbonyl (C=O) groups is 1. The molecule has 1 amide bonds. The molecular formula is C14H18N2O. The molecule has 2 aliphatic rings. The van der Waals surface area contributed by atoms with Crippen LogP contribution in [0.5, 0.6) is 0 Å². The van der Waals surface area contributed by atoms with Crippen LogP contribution in [0.15, 0.2) is 18.2 Å². The third-order valence-corrected chi connectivity index (χ3v) is 4.18. The number of hydrogen-bond donors (Lipinski definition) is 2. The molecule has 0 radical (unpaired) electrons. The van der Waals surface area contributed by atoms with Crippen LogP contribution in [0.25, 0.3) is 0 Å². The highest BCUT2D eigenvalue weighted by molar-refractivity contribution is 5.93. The van der Waals surface area contributed by atoms with Crippen molar-refractivity contribution in [2.45, 2.75) is 25.7 Å². The molecule has 1 aromatic carbocycles. The minimum atomic E-state index is -0.324. The van der Waals surface area contributed by atoms with Gasteiger partial charge in [0.2, 0.25) is 5.91 Å². The Morgan fingerprint density at radius 3 is 2.82 bits per heavy atom. The molecule has 1 heterocycles. The first-order valence-electron chi connectivity index (χ1n) is 6.31. The van der Waals surface area contributed by atoms with Gasteiger partial charge in [0, 0.05) is 12.1 Å². The number of primary amides is 1. The van der Waals surface area contributed by atoms with Crippen LogP contribution in [-0.2, 0) is 12.8 Å². The van der Waals surface area contributed by atoms with Gasteiger partial charge in [-0.3, -0.25) is 4.79 Å². The van der Waals surface area contributed by atoms with Crippen LogP contribution in [0.3, 0.4) is 0 Å². The van der Waals surface area contributed by atoms with Crippen LogP contribution in [0.2, 0.25) is 0 Å². The quantitative estimate of drug-likeness (QED) is 0.763. The maximum atomic E-state index is 11.2. The van der Waals surface area contributed by atoms with Crippen molar-refractivity contribution in [2.24, 2.45) is 11.1 Å². The van der Waals surface area contributed by atoms with E-state index in [0.717, 1.165) is 25.9 Å². The Hall–Kier alpha value is -1.35. The molecule has 1 saturated heterocycles. The molecule has 3 N–H and O–H groups in total. The summed E-state index contributed by atoms with van der Waals surface area (Å²) in [7, 11) is 0. The Bertz CT molecular complexity index is 461. The fraction of sp³-hybridized carbons (Fsp3) is 0.500. The average Bonchev–Trinajstić information content (AvgIpc) is 2.66. The van der Waals surface area contributed by atoms with E-state index in [1.807, 2.05) is 12.1 Å². The Balaban J connectivity index is 1.89. The third-order valence-electron chi connectivity index (χ3n) is 4.18. The molecule has 1 unspecified atom stereocenters. The van der Waals surface area contributed by atoms with Crippen molar-refractivity contribution in [3.63, 3.8) is 0 Å². The molecule has 1 spiro atoms. The summed E-state index contributed by atoms with van der Waals surface area (Å²) in [4.78, 5) is 11.2. The first-order valence-corrected chi connectivity index (χ1v) is 6.31. The summed E-state index contributed by atoms with van der Waals surface area (Å²) in [5, 5.41) is 3.50. The van der Waals surface area contributed by atoms with E-state index in [2.05, 4.69) is 11.4 Å². The summed E-state index contributed by atoms with van der Waals surface area (Å²) in [6, 6.07) is 5.93. The van der Waals surface area contributed by atoms with Crippen molar-refractivity contribution in [1.82, 2.24) is 5.32 Å². The van der Waals surface area contributed by atoms with Gasteiger partial charge in [0.05, 0.1) is 0 Å². The van der Waals surface area contributed by atoms with Crippen LogP contribution >= 0.6 is 0 Å². The molecule has 1 aromatic rings. The highest BCUT2D eigenvalue weighted by Crippen LogP contribution is 2.41. The van der Waals surface area contributed by atoms with Gasteiger partial charge in [-0.15, -0.1) is 0 Å². The van der Waals surface area contributed by atoms with Gasteiger partial charge in [0.15, 0.2) is 0 Å². The first-order chi connectivity index (χ1) is 8.19. The van der Waals surface area contributed by atoms with Crippen molar-refractivity contribution in [3.8, 4) is 0 Å². The van der Waals surface area contributed by atoms with Crippen LogP contribution in [0, 0.1) is 5.41 Å². The topological polar surface area (TPSA) is 55.1 Å². The first kappa shape index (κ1) is 10.8. The molecule has 1 aliphatic carbocycles. The lowest BCUT2D eigenvalue weighted by atomic mass is 9.78. The highest BCUT2D eigenvalue weighted by Gasteiger charge is 2.38. The zero-order valence-corrected chi connectivity index (χ0v) is 9.96. The van der Waals surface area contributed by atoms with Gasteiger partial charge in [0.25, 0.3) is 0 Å². The molecule has 3 nitrogen and oxygen atoms in total. The summed E-state index contributed by atoms with van der Waals surface area (Å²) in [5.41, 5.74) is 9.09. The lowest BCUT2D eigenvalue weighted by Crippen LogP contribution is -2.40. The second-order valence-corrected chi connectivity index (χ2v) is 5.48. The van der Waals surface area contributed by atoms with Crippen molar-refractivity contribution in [2.75, 3.05) is 13.1 Å². The Morgan fingerprint density at radius 1 is 1.29 bits per heavy atom. The van der Waals surface area contributed by atoms with Gasteiger partial charge in [-0.1, -0.05) is 6.07 Å². The predicted molar refractivity (Wildman–Crippen MR) is 66.9 cm³/mol. The lowest BCUT2D eigenvalue weighted by Gasteiger charge is -2.33. The molecule has 0 aromatic heterocycles. The number of rotatable bonds is 1. The highest BCUT2D eigenvalue weighted by atomic mass is 16.1. The van der Waals surface area contributed by atoms with Gasteiger partial charge < -0.3 is 11.1 Å². The lowest BCUT2D eigenvalue weighted by molar-refractivity contribution is 0.1000. The van der Waals surface area contributed by atoms with E-state index in [0.29, 0.717) is 11.0 Å². The van der Waals surface area contributed by atoms with Crippen LogP contribution in [-0.4, -0.2) is 19.0 Å². The minimum absolute atomic E-state index is 0.324. The van der Waals surface area contributed by atoms with Gasteiger partial charge >= 0.3 is 0 Å². The second-order valence-electron chi connectivity index (χ2n) is 5.48. The molecule has 17 heavy (non-hydrogen) atoms. The molecule has 3 heteroatoms. The number of nitrogens with one attached hydrogen (secondary N) is 1. The molecule has 0 saturated carbocycles. The van der Waals surface area contributed by atoms with E-state index in [1.165, 1.54) is 24.0 Å². The number of piperidine rings is 1. The summed E-state index contributed by atoms with van der Waals surface area (Å²) in [6.07, 6.45) is 4.79. The number of hydrogen-bond acceptors (Lipinski definition) is 2. The molecule has 1 fully saturated rings. The van der Waals surface area contributed by atoms with Crippen molar-refractivity contribution < 1.29 is 4.79 Å². The fourth-order valence-corrected chi connectivity index (χ4v) is 3.32. The van der Waals surface area contributed by atoms with E-state index >= 15 is 0 Å². The number of fused-ring (bicyclic) bond motifs is 1. The van der Waals surface area contributed by atoms with E-state index in [4.69, 9.17) is 5.73 Å². The molecule has 1 atom stereocenters. The number of carbonyl (C=O) groups excluding carboxylic acids is 1. The zero-order valence-electron chi connectivity index (χ0n) is 9.96. The Labute approximate surface area is 101 Å². The average molecular weight is 230 g/mol. The maximum Gasteiger partial charge on any atom is 0.248 e. The van der Waals surface area contributed by atoms with E-state index in [9.17, 15) is 4.79 Å². The van der Waals surface area contributed by atoms with Crippen molar-refractivity contribution >= 4 is 5.91 Å². The van der Waals surface area contributed by atoms with Gasteiger partial charge in [-0.2, -0.15) is 0 Å². The van der Waals surface area contributed by atoms with Gasteiger partial charge in [-0.05, 0) is 60.9 Å². The smallest absolute Gasteiger partial charge is 0.248 e. The zero-order chi connectivity index (χ0) is 11.9. The fourth-order valence-electron chi connectivity index (χ4n) is 3.32. The standard InChI is InChI=1S/C14H18N2O/c15-13(17)10-2-3-11-7-14(8-12(11)6-10)4-1-5-16-9-14/h2-3,6,16H,1,4-5,7-9H2,(H2,15,17). The van der Waals surface area contributed by atoms with Gasteiger partial charge in [-0.25, -0.2) is 0 Å². The normalized spacial score (nSPS) is 27.1. The third kappa shape index (κ3) is 1.84. The summed E-state index contributed by atoms with van der Waals surface area (Å²) in [6.45, 7) is 2.25. The molecule has 90 valence electrons. The maximum absolute atomic E-state index is 11.2. The van der Waals surface area contributed by atoms with E-state index in [1.54, 1.807) is 0 Å². The second kappa shape index (κ2) is 3.84. The minimum Gasteiger partial charge on any atom is -0.366 e. The summed E-state index contributed by atoms with van der Waals surface area (Å²) >= 11 is 0. The Morgan fingerprint density at radius 2 is 2.12 bits per heavy atom. The Kier molecular flexibility index (Phi) is 2.44. The van der Waals surface area contributed by atoms with Crippen molar-refractivity contribution in [1.29, 1.82) is 0 Å². The van der Waals surface area contributed by atoms with Crippen molar-refractivity contribution in [3.05, 3.63) is 34.9 Å². The SMILES string of the molecule is NC(=O)c1ccc2c(c1)CC1(CCCNC1)C2. The molecule has 0 bridgehead atoms. The number of benzene rings is 1. The van der Waals surface area contributed by atoms with Gasteiger partial charge in [0.1, 0.15) is 0 Å². The van der Waals surface area contributed by atoms with Crippen LogP contribution in [0.4, 0.5) is 0 Å². The predicted octanol–water partition coefficient (Wildman–Crippen LogP) is 1.25. The largest absolute Gasteiger partial charge is 0.366 e. The number of nitrogens with two attached hydrogens (primary N) is 1. The molecule has 1 aliphatic heterocycles. The molecule has 3 rings (SSSR count). The monoisotopic (exact) mass is 230 g/mol. The van der Waals surface area contributed by atoms with Crippen LogP contribution < -0.4 is 11.1 Å². The van der Waals surface area contributed by atoms with Crippen LogP contribution in [0.1, 0.15) is 34.3 Å².